The molecule has 0 aromatic carbocycles. The van der Waals surface area contributed by atoms with Gasteiger partial charge in [-0.1, -0.05) is 6.92 Å². The summed E-state index contributed by atoms with van der Waals surface area (Å²) in [5.74, 6) is 0.952. The van der Waals surface area contributed by atoms with E-state index in [9.17, 15) is 5.11 Å². The van der Waals surface area contributed by atoms with E-state index >= 15 is 0 Å². The van der Waals surface area contributed by atoms with Crippen LogP contribution in [0.5, 0.6) is 0 Å². The van der Waals surface area contributed by atoms with Gasteiger partial charge in [0.2, 0.25) is 0 Å². The Bertz CT molecular complexity index is 365. The van der Waals surface area contributed by atoms with Gasteiger partial charge < -0.3 is 9.67 Å². The molecule has 1 aromatic rings. The van der Waals surface area contributed by atoms with Crippen molar-refractivity contribution in [2.24, 2.45) is 0 Å². The van der Waals surface area contributed by atoms with Crippen molar-refractivity contribution >= 4 is 0 Å². The highest BCUT2D eigenvalue weighted by molar-refractivity contribution is 4.86. The third-order valence-electron chi connectivity index (χ3n) is 3.76. The van der Waals surface area contributed by atoms with E-state index in [-0.39, 0.29) is 0 Å². The molecular weight excluding hydrogens is 216 g/mol. The quantitative estimate of drug-likeness (QED) is 0.844. The lowest BCUT2D eigenvalue weighted by molar-refractivity contribution is -0.0340. The lowest BCUT2D eigenvalue weighted by Gasteiger charge is -2.38. The molecule has 0 amide bonds. The third kappa shape index (κ3) is 3.04. The second kappa shape index (κ2) is 5.14. The van der Waals surface area contributed by atoms with Crippen LogP contribution in [0, 0.1) is 6.92 Å². The second-order valence-electron chi connectivity index (χ2n) is 5.03. The van der Waals surface area contributed by atoms with Crippen LogP contribution in [-0.2, 0) is 6.54 Å². The normalized spacial score (nSPS) is 26.3. The number of piperidine rings is 1. The Kier molecular flexibility index (Phi) is 3.79. The number of aryl methyl sites for hydroxylation is 1. The lowest BCUT2D eigenvalue weighted by atomic mass is 9.90. The Morgan fingerprint density at radius 2 is 2.29 bits per heavy atom. The minimum Gasteiger partial charge on any atom is -0.389 e. The Morgan fingerprint density at radius 3 is 2.94 bits per heavy atom. The smallest absolute Gasteiger partial charge is 0.129 e. The fourth-order valence-electron chi connectivity index (χ4n) is 2.47. The molecule has 1 unspecified atom stereocenters. The number of aliphatic hydroxyl groups is 1. The van der Waals surface area contributed by atoms with Crippen molar-refractivity contribution in [2.45, 2.75) is 45.3 Å². The number of likely N-dealkylation sites (tertiary alicyclic amines) is 1. The summed E-state index contributed by atoms with van der Waals surface area (Å²) < 4.78 is 2.06. The first-order chi connectivity index (χ1) is 8.13. The first kappa shape index (κ1) is 12.5. The number of hydrogen-bond acceptors (Lipinski definition) is 4. The number of aromatic nitrogens is 3. The average Bonchev–Trinajstić information content (AvgIpc) is 2.73. The minimum absolute atomic E-state index is 0.472. The molecule has 1 N–H and O–H groups in total. The molecule has 1 saturated heterocycles. The summed E-state index contributed by atoms with van der Waals surface area (Å²) in [7, 11) is 0. The summed E-state index contributed by atoms with van der Waals surface area (Å²) in [6.07, 6.45) is 4.64. The molecule has 1 aliphatic heterocycles. The van der Waals surface area contributed by atoms with Gasteiger partial charge in [0.05, 0.1) is 5.60 Å². The minimum atomic E-state index is -0.472. The van der Waals surface area contributed by atoms with Crippen LogP contribution < -0.4 is 0 Å². The van der Waals surface area contributed by atoms with E-state index in [1.807, 2.05) is 6.92 Å². The van der Waals surface area contributed by atoms with Gasteiger partial charge in [0.15, 0.2) is 0 Å². The zero-order valence-corrected chi connectivity index (χ0v) is 10.8. The number of nitrogens with zero attached hydrogens (tertiary/aromatic N) is 4. The monoisotopic (exact) mass is 238 g/mol. The third-order valence-corrected chi connectivity index (χ3v) is 3.76. The van der Waals surface area contributed by atoms with E-state index < -0.39 is 5.60 Å². The van der Waals surface area contributed by atoms with Crippen molar-refractivity contribution in [3.8, 4) is 0 Å². The van der Waals surface area contributed by atoms with Crippen LogP contribution >= 0.6 is 0 Å². The summed E-state index contributed by atoms with van der Waals surface area (Å²) in [5.41, 5.74) is -0.472. The number of β-amino-alcohol motifs (C(OH)–C–C–N with tert-alkyl or cyclic N) is 1. The molecule has 2 rings (SSSR count). The van der Waals surface area contributed by atoms with Crippen molar-refractivity contribution in [3.63, 3.8) is 0 Å². The standard InChI is InChI=1S/C12H22N4O/c1-3-12(17)5-4-6-15(9-12)7-8-16-10-13-14-11(16)2/h10,17H,3-9H2,1-2H3. The van der Waals surface area contributed by atoms with Gasteiger partial charge in [0.1, 0.15) is 12.2 Å². The second-order valence-corrected chi connectivity index (χ2v) is 5.03. The van der Waals surface area contributed by atoms with Gasteiger partial charge in [-0.3, -0.25) is 4.90 Å². The molecule has 17 heavy (non-hydrogen) atoms. The van der Waals surface area contributed by atoms with E-state index in [4.69, 9.17) is 0 Å². The highest BCUT2D eigenvalue weighted by atomic mass is 16.3. The topological polar surface area (TPSA) is 54.2 Å². The van der Waals surface area contributed by atoms with Gasteiger partial charge in [0.25, 0.3) is 0 Å². The van der Waals surface area contributed by atoms with E-state index in [1.165, 1.54) is 0 Å². The molecule has 1 fully saturated rings. The summed E-state index contributed by atoms with van der Waals surface area (Å²) in [4.78, 5) is 2.34. The van der Waals surface area contributed by atoms with E-state index in [0.29, 0.717) is 0 Å². The van der Waals surface area contributed by atoms with E-state index in [1.54, 1.807) is 6.33 Å². The first-order valence-electron chi connectivity index (χ1n) is 6.42. The molecule has 5 nitrogen and oxygen atoms in total. The first-order valence-corrected chi connectivity index (χ1v) is 6.42. The summed E-state index contributed by atoms with van der Waals surface area (Å²) in [6.45, 7) is 7.77. The van der Waals surface area contributed by atoms with Crippen LogP contribution in [0.3, 0.4) is 0 Å². The van der Waals surface area contributed by atoms with E-state index in [2.05, 4.69) is 26.6 Å². The largest absolute Gasteiger partial charge is 0.389 e. The lowest BCUT2D eigenvalue weighted by Crippen LogP contribution is -2.48. The predicted octanol–water partition coefficient (Wildman–Crippen LogP) is 0.823. The molecule has 1 aliphatic rings. The predicted molar refractivity (Wildman–Crippen MR) is 65.7 cm³/mol. The van der Waals surface area contributed by atoms with Crippen LogP contribution in [0.4, 0.5) is 0 Å². The molecule has 0 saturated carbocycles. The molecular formula is C12H22N4O. The maximum atomic E-state index is 10.3. The van der Waals surface area contributed by atoms with Crippen molar-refractivity contribution in [3.05, 3.63) is 12.2 Å². The van der Waals surface area contributed by atoms with Gasteiger partial charge in [-0.15, -0.1) is 10.2 Å². The molecule has 2 heterocycles. The zero-order valence-electron chi connectivity index (χ0n) is 10.8. The highest BCUT2D eigenvalue weighted by Gasteiger charge is 2.30. The molecule has 96 valence electrons. The van der Waals surface area contributed by atoms with E-state index in [0.717, 1.165) is 51.3 Å². The van der Waals surface area contributed by atoms with Gasteiger partial charge in [0, 0.05) is 19.6 Å². The van der Waals surface area contributed by atoms with Crippen molar-refractivity contribution in [1.29, 1.82) is 0 Å². The van der Waals surface area contributed by atoms with Crippen LogP contribution in [0.25, 0.3) is 0 Å². The number of hydrogen-bond donors (Lipinski definition) is 1. The van der Waals surface area contributed by atoms with Gasteiger partial charge in [-0.05, 0) is 32.7 Å². The zero-order chi connectivity index (χ0) is 12.3. The van der Waals surface area contributed by atoms with Crippen LogP contribution in [-0.4, -0.2) is 50.0 Å². The molecule has 0 spiro atoms. The number of rotatable bonds is 4. The fraction of sp³-hybridized carbons (Fsp3) is 0.833. The van der Waals surface area contributed by atoms with Crippen molar-refractivity contribution in [1.82, 2.24) is 19.7 Å². The summed E-state index contributed by atoms with van der Waals surface area (Å²) in [6, 6.07) is 0. The summed E-state index contributed by atoms with van der Waals surface area (Å²) >= 11 is 0. The molecule has 1 aromatic heterocycles. The Balaban J connectivity index is 1.85. The van der Waals surface area contributed by atoms with Crippen LogP contribution in [0.1, 0.15) is 32.0 Å². The molecule has 0 radical (unpaired) electrons. The van der Waals surface area contributed by atoms with Crippen LogP contribution in [0.15, 0.2) is 6.33 Å². The van der Waals surface area contributed by atoms with Crippen LogP contribution in [0.2, 0.25) is 0 Å². The SMILES string of the molecule is CCC1(O)CCCN(CCn2cnnc2C)C1. The van der Waals surface area contributed by atoms with Gasteiger partial charge in [-0.25, -0.2) is 0 Å². The fourth-order valence-corrected chi connectivity index (χ4v) is 2.47. The Morgan fingerprint density at radius 1 is 1.47 bits per heavy atom. The maximum absolute atomic E-state index is 10.3. The molecule has 0 aliphatic carbocycles. The Labute approximate surface area is 102 Å². The van der Waals surface area contributed by atoms with Gasteiger partial charge >= 0.3 is 0 Å². The highest BCUT2D eigenvalue weighted by Crippen LogP contribution is 2.23. The molecule has 1 atom stereocenters. The molecule has 5 heteroatoms. The summed E-state index contributed by atoms with van der Waals surface area (Å²) in [5, 5.41) is 18.1. The van der Waals surface area contributed by atoms with Gasteiger partial charge in [-0.2, -0.15) is 0 Å². The maximum Gasteiger partial charge on any atom is 0.129 e. The molecule has 0 bridgehead atoms. The Hall–Kier alpha value is -0.940. The average molecular weight is 238 g/mol. The van der Waals surface area contributed by atoms with Crippen molar-refractivity contribution in [2.75, 3.05) is 19.6 Å². The van der Waals surface area contributed by atoms with Crippen molar-refractivity contribution < 1.29 is 5.11 Å².